The fourth-order valence-corrected chi connectivity index (χ4v) is 3.83. The first-order valence-electron chi connectivity index (χ1n) is 8.14. The van der Waals surface area contributed by atoms with Gasteiger partial charge in [0.2, 0.25) is 5.82 Å². The number of rotatable bonds is 5. The minimum atomic E-state index is 0.703. The molecular formula is C20H16BrN3OS. The van der Waals surface area contributed by atoms with Crippen molar-refractivity contribution in [2.75, 3.05) is 0 Å². The van der Waals surface area contributed by atoms with E-state index in [9.17, 15) is 0 Å². The molecule has 2 aromatic carbocycles. The highest BCUT2D eigenvalue weighted by Gasteiger charge is 2.18. The van der Waals surface area contributed by atoms with Crippen LogP contribution in [0.25, 0.3) is 17.3 Å². The first-order chi connectivity index (χ1) is 12.7. The quantitative estimate of drug-likeness (QED) is 0.373. The molecule has 4 nitrogen and oxygen atoms in total. The maximum absolute atomic E-state index is 5.56. The van der Waals surface area contributed by atoms with Crippen molar-refractivity contribution in [3.05, 3.63) is 82.5 Å². The van der Waals surface area contributed by atoms with E-state index < -0.39 is 0 Å². The fraction of sp³-hybridized carbons (Fsp3) is 0.100. The number of benzene rings is 2. The fourth-order valence-electron chi connectivity index (χ4n) is 2.66. The Morgan fingerprint density at radius 3 is 2.62 bits per heavy atom. The molecule has 0 aliphatic carbocycles. The summed E-state index contributed by atoms with van der Waals surface area (Å²) in [6.07, 6.45) is 1.65. The number of furan rings is 1. The first-order valence-corrected chi connectivity index (χ1v) is 9.92. The number of aryl methyl sites for hydroxylation is 1. The van der Waals surface area contributed by atoms with Gasteiger partial charge in [0.25, 0.3) is 0 Å². The molecule has 0 saturated heterocycles. The van der Waals surface area contributed by atoms with Gasteiger partial charge in [-0.15, -0.1) is 10.2 Å². The molecular weight excluding hydrogens is 410 g/mol. The molecule has 4 rings (SSSR count). The van der Waals surface area contributed by atoms with Crippen LogP contribution in [0, 0.1) is 6.92 Å². The maximum atomic E-state index is 5.56. The summed E-state index contributed by atoms with van der Waals surface area (Å²) in [4.78, 5) is 0. The van der Waals surface area contributed by atoms with Crippen LogP contribution in [-0.4, -0.2) is 14.8 Å². The Bertz CT molecular complexity index is 1010. The summed E-state index contributed by atoms with van der Waals surface area (Å²) in [7, 11) is 0. The van der Waals surface area contributed by atoms with Gasteiger partial charge in [0.05, 0.1) is 12.0 Å². The molecule has 0 atom stereocenters. The highest BCUT2D eigenvalue weighted by atomic mass is 79.9. The van der Waals surface area contributed by atoms with Crippen LogP contribution in [0.15, 0.2) is 81.0 Å². The zero-order chi connectivity index (χ0) is 17.9. The number of halogens is 1. The van der Waals surface area contributed by atoms with Gasteiger partial charge in [0, 0.05) is 10.2 Å². The third-order valence-corrected chi connectivity index (χ3v) is 5.44. The number of hydrogen-bond donors (Lipinski definition) is 0. The lowest BCUT2D eigenvalue weighted by Gasteiger charge is -2.10. The molecule has 0 fully saturated rings. The molecule has 0 radical (unpaired) electrons. The number of nitrogens with zero attached hydrogens (tertiary/aromatic N) is 3. The Morgan fingerprint density at radius 2 is 1.88 bits per heavy atom. The minimum absolute atomic E-state index is 0.703. The molecule has 4 aromatic rings. The van der Waals surface area contributed by atoms with Crippen LogP contribution in [0.2, 0.25) is 0 Å². The van der Waals surface area contributed by atoms with E-state index in [1.807, 2.05) is 18.2 Å². The zero-order valence-electron chi connectivity index (χ0n) is 14.1. The van der Waals surface area contributed by atoms with E-state index in [1.165, 1.54) is 11.1 Å². The Kier molecular flexibility index (Phi) is 4.95. The van der Waals surface area contributed by atoms with E-state index >= 15 is 0 Å². The van der Waals surface area contributed by atoms with Gasteiger partial charge in [0.1, 0.15) is 0 Å². The van der Waals surface area contributed by atoms with Crippen molar-refractivity contribution in [3.63, 3.8) is 0 Å². The molecule has 6 heteroatoms. The van der Waals surface area contributed by atoms with Crippen molar-refractivity contribution >= 4 is 27.7 Å². The molecule has 130 valence electrons. The second-order valence-electron chi connectivity index (χ2n) is 5.87. The van der Waals surface area contributed by atoms with Crippen LogP contribution in [0.3, 0.4) is 0 Å². The van der Waals surface area contributed by atoms with Gasteiger partial charge in [-0.25, -0.2) is 0 Å². The second kappa shape index (κ2) is 7.51. The van der Waals surface area contributed by atoms with E-state index in [0.29, 0.717) is 11.6 Å². The Labute approximate surface area is 164 Å². The van der Waals surface area contributed by atoms with Gasteiger partial charge in [-0.1, -0.05) is 52.0 Å². The minimum Gasteiger partial charge on any atom is -0.461 e. The smallest absolute Gasteiger partial charge is 0.205 e. The van der Waals surface area contributed by atoms with Crippen molar-refractivity contribution in [3.8, 4) is 17.3 Å². The van der Waals surface area contributed by atoms with Crippen LogP contribution >= 0.6 is 27.7 Å². The third-order valence-electron chi connectivity index (χ3n) is 3.92. The van der Waals surface area contributed by atoms with E-state index in [-0.39, 0.29) is 0 Å². The zero-order valence-corrected chi connectivity index (χ0v) is 16.5. The van der Waals surface area contributed by atoms with Crippen molar-refractivity contribution in [2.45, 2.75) is 17.8 Å². The molecule has 26 heavy (non-hydrogen) atoms. The summed E-state index contributed by atoms with van der Waals surface area (Å²) in [6, 6.07) is 20.4. The van der Waals surface area contributed by atoms with Crippen molar-refractivity contribution in [2.24, 2.45) is 0 Å². The van der Waals surface area contributed by atoms with Crippen molar-refractivity contribution in [1.29, 1.82) is 0 Å². The summed E-state index contributed by atoms with van der Waals surface area (Å²) in [5.41, 5.74) is 3.45. The molecule has 0 aliphatic rings. The van der Waals surface area contributed by atoms with E-state index in [1.54, 1.807) is 18.0 Å². The Morgan fingerprint density at radius 1 is 1.04 bits per heavy atom. The summed E-state index contributed by atoms with van der Waals surface area (Å²) < 4.78 is 8.69. The van der Waals surface area contributed by atoms with Crippen LogP contribution in [-0.2, 0) is 5.75 Å². The number of hydrogen-bond acceptors (Lipinski definition) is 4. The summed E-state index contributed by atoms with van der Waals surface area (Å²) in [5, 5.41) is 9.64. The monoisotopic (exact) mass is 425 g/mol. The van der Waals surface area contributed by atoms with E-state index in [4.69, 9.17) is 4.42 Å². The Hall–Kier alpha value is -2.31. The van der Waals surface area contributed by atoms with Gasteiger partial charge >= 0.3 is 0 Å². The summed E-state index contributed by atoms with van der Waals surface area (Å²) in [6.45, 7) is 2.08. The van der Waals surface area contributed by atoms with Gasteiger partial charge in [-0.3, -0.25) is 4.57 Å². The van der Waals surface area contributed by atoms with E-state index in [2.05, 4.69) is 80.1 Å². The predicted octanol–water partition coefficient (Wildman–Crippen LogP) is 5.89. The highest BCUT2D eigenvalue weighted by Crippen LogP contribution is 2.30. The first kappa shape index (κ1) is 17.1. The lowest BCUT2D eigenvalue weighted by Crippen LogP contribution is -1.99. The molecule has 0 amide bonds. The maximum Gasteiger partial charge on any atom is 0.205 e. The van der Waals surface area contributed by atoms with Crippen LogP contribution in [0.5, 0.6) is 0 Å². The van der Waals surface area contributed by atoms with Crippen molar-refractivity contribution < 1.29 is 4.42 Å². The predicted molar refractivity (Wildman–Crippen MR) is 108 cm³/mol. The third kappa shape index (κ3) is 3.61. The average Bonchev–Trinajstić information content (AvgIpc) is 3.30. The largest absolute Gasteiger partial charge is 0.461 e. The van der Waals surface area contributed by atoms with Gasteiger partial charge in [0.15, 0.2) is 10.9 Å². The van der Waals surface area contributed by atoms with Gasteiger partial charge in [-0.05, 0) is 54.4 Å². The molecule has 0 aliphatic heterocycles. The molecule has 2 aromatic heterocycles. The SMILES string of the molecule is Cc1cccc(-n2c(SCc3ccc(Br)cc3)nnc2-c2ccco2)c1. The lowest BCUT2D eigenvalue weighted by molar-refractivity contribution is 0.575. The van der Waals surface area contributed by atoms with Crippen molar-refractivity contribution in [1.82, 2.24) is 14.8 Å². The standard InChI is InChI=1S/C20H16BrN3OS/c1-14-4-2-5-17(12-14)24-19(18-6-3-11-25-18)22-23-20(24)26-13-15-7-9-16(21)10-8-15/h2-12H,13H2,1H3. The average molecular weight is 426 g/mol. The number of aromatic nitrogens is 3. The topological polar surface area (TPSA) is 43.9 Å². The number of thioether (sulfide) groups is 1. The summed E-state index contributed by atoms with van der Waals surface area (Å²) in [5.74, 6) is 2.23. The molecule has 0 N–H and O–H groups in total. The summed E-state index contributed by atoms with van der Waals surface area (Å²) >= 11 is 5.13. The van der Waals surface area contributed by atoms with Gasteiger partial charge < -0.3 is 4.42 Å². The second-order valence-corrected chi connectivity index (χ2v) is 7.73. The molecule has 0 bridgehead atoms. The van der Waals surface area contributed by atoms with Crippen LogP contribution < -0.4 is 0 Å². The lowest BCUT2D eigenvalue weighted by atomic mass is 10.2. The normalized spacial score (nSPS) is 11.0. The molecule has 0 unspecified atom stereocenters. The Balaban J connectivity index is 1.71. The molecule has 2 heterocycles. The molecule has 0 saturated carbocycles. The van der Waals surface area contributed by atoms with E-state index in [0.717, 1.165) is 21.1 Å². The highest BCUT2D eigenvalue weighted by molar-refractivity contribution is 9.10. The van der Waals surface area contributed by atoms with Gasteiger partial charge in [-0.2, -0.15) is 0 Å². The van der Waals surface area contributed by atoms with Crippen LogP contribution in [0.1, 0.15) is 11.1 Å². The van der Waals surface area contributed by atoms with Crippen LogP contribution in [0.4, 0.5) is 0 Å². The molecule has 0 spiro atoms.